The van der Waals surface area contributed by atoms with Gasteiger partial charge in [-0.15, -0.1) is 23.1 Å². The number of carbonyl (C=O) groups is 1. The molecule has 0 aliphatic carbocycles. The maximum Gasteiger partial charge on any atom is 0.199 e. The van der Waals surface area contributed by atoms with Gasteiger partial charge in [-0.2, -0.15) is 0 Å². The van der Waals surface area contributed by atoms with Gasteiger partial charge in [0, 0.05) is 15.1 Å². The summed E-state index contributed by atoms with van der Waals surface area (Å²) in [4.78, 5) is 22.9. The van der Waals surface area contributed by atoms with Gasteiger partial charge in [-0.25, -0.2) is 0 Å². The van der Waals surface area contributed by atoms with Crippen LogP contribution in [-0.2, 0) is 0 Å². The van der Waals surface area contributed by atoms with Crippen molar-refractivity contribution in [2.24, 2.45) is 0 Å². The predicted octanol–water partition coefficient (Wildman–Crippen LogP) is 3.45. The first-order chi connectivity index (χ1) is 7.67. The monoisotopic (exact) mass is 270 g/mol. The smallest absolute Gasteiger partial charge is 0.199 e. The molecule has 16 heavy (non-hydrogen) atoms. The average molecular weight is 271 g/mol. The van der Waals surface area contributed by atoms with Crippen LogP contribution in [0.2, 0.25) is 5.02 Å². The van der Waals surface area contributed by atoms with Crippen LogP contribution in [-0.4, -0.2) is 12.5 Å². The highest BCUT2D eigenvalue weighted by Crippen LogP contribution is 2.29. The van der Waals surface area contributed by atoms with E-state index in [1.165, 1.54) is 23.1 Å². The molecule has 0 radical (unpaired) electrons. The van der Waals surface area contributed by atoms with E-state index in [1.54, 1.807) is 18.2 Å². The molecule has 0 aliphatic heterocycles. The van der Waals surface area contributed by atoms with E-state index in [2.05, 4.69) is 0 Å². The standard InChI is InChI=1S/C11H7ClO2S2/c1-15-11-8(5-13)10(14)7-4-6(12)2-3-9(7)16-11/h2-5H,1H3. The third kappa shape index (κ3) is 1.88. The first-order valence-corrected chi connectivity index (χ1v) is 6.85. The molecule has 5 heteroatoms. The molecule has 0 saturated heterocycles. The number of halogens is 1. The van der Waals surface area contributed by atoms with Crippen LogP contribution in [0.4, 0.5) is 0 Å². The minimum absolute atomic E-state index is 0.229. The maximum atomic E-state index is 12.0. The van der Waals surface area contributed by atoms with Crippen LogP contribution in [0.5, 0.6) is 0 Å². The molecule has 0 atom stereocenters. The van der Waals surface area contributed by atoms with E-state index in [9.17, 15) is 9.59 Å². The molecule has 2 rings (SSSR count). The van der Waals surface area contributed by atoms with Gasteiger partial charge >= 0.3 is 0 Å². The van der Waals surface area contributed by atoms with E-state index in [4.69, 9.17) is 11.6 Å². The number of rotatable bonds is 2. The van der Waals surface area contributed by atoms with Crippen molar-refractivity contribution in [2.75, 3.05) is 6.26 Å². The Morgan fingerprint density at radius 2 is 2.19 bits per heavy atom. The molecule has 0 unspecified atom stereocenters. The summed E-state index contributed by atoms with van der Waals surface area (Å²) in [6.45, 7) is 0. The van der Waals surface area contributed by atoms with Crippen LogP contribution in [0.15, 0.2) is 27.2 Å². The van der Waals surface area contributed by atoms with Gasteiger partial charge in [0.05, 0.1) is 9.77 Å². The SMILES string of the molecule is CSc1sc2ccc(Cl)cc2c(=O)c1C=O. The van der Waals surface area contributed by atoms with E-state index in [1.807, 2.05) is 6.26 Å². The Balaban J connectivity index is 2.94. The lowest BCUT2D eigenvalue weighted by atomic mass is 10.2. The highest BCUT2D eigenvalue weighted by Gasteiger charge is 2.11. The molecule has 0 aliphatic rings. The first kappa shape index (κ1) is 11.6. The molecule has 2 nitrogen and oxygen atoms in total. The number of hydrogen-bond donors (Lipinski definition) is 0. The maximum absolute atomic E-state index is 12.0. The van der Waals surface area contributed by atoms with Crippen LogP contribution in [0.25, 0.3) is 10.1 Å². The molecule has 0 amide bonds. The molecule has 0 spiro atoms. The van der Waals surface area contributed by atoms with Crippen molar-refractivity contribution in [1.29, 1.82) is 0 Å². The topological polar surface area (TPSA) is 34.1 Å². The minimum Gasteiger partial charge on any atom is -0.298 e. The second kappa shape index (κ2) is 4.57. The largest absolute Gasteiger partial charge is 0.298 e. The zero-order valence-electron chi connectivity index (χ0n) is 8.32. The van der Waals surface area contributed by atoms with Crippen molar-refractivity contribution >= 4 is 51.1 Å². The van der Waals surface area contributed by atoms with Crippen molar-refractivity contribution in [3.8, 4) is 0 Å². The van der Waals surface area contributed by atoms with Crippen molar-refractivity contribution in [2.45, 2.75) is 4.21 Å². The Hall–Kier alpha value is -0.840. The van der Waals surface area contributed by atoms with E-state index in [-0.39, 0.29) is 11.0 Å². The average Bonchev–Trinajstić information content (AvgIpc) is 2.29. The molecule has 2 aromatic rings. The summed E-state index contributed by atoms with van der Waals surface area (Å²) < 4.78 is 1.60. The molecule has 1 heterocycles. The lowest BCUT2D eigenvalue weighted by Crippen LogP contribution is -2.08. The second-order valence-corrected chi connectivity index (χ2v) is 5.66. The van der Waals surface area contributed by atoms with E-state index in [0.29, 0.717) is 16.7 Å². The van der Waals surface area contributed by atoms with Gasteiger partial charge in [-0.05, 0) is 24.5 Å². The quantitative estimate of drug-likeness (QED) is 0.619. The Labute approximate surface area is 105 Å². The van der Waals surface area contributed by atoms with Crippen molar-refractivity contribution < 1.29 is 4.79 Å². The van der Waals surface area contributed by atoms with E-state index in [0.717, 1.165) is 8.91 Å². The van der Waals surface area contributed by atoms with Gasteiger partial charge in [0.1, 0.15) is 0 Å². The summed E-state index contributed by atoms with van der Waals surface area (Å²) in [5, 5.41) is 1.02. The van der Waals surface area contributed by atoms with Gasteiger partial charge < -0.3 is 0 Å². The summed E-state index contributed by atoms with van der Waals surface area (Å²) in [6.07, 6.45) is 2.46. The number of thioether (sulfide) groups is 1. The van der Waals surface area contributed by atoms with Crippen molar-refractivity contribution in [1.82, 2.24) is 0 Å². The summed E-state index contributed by atoms with van der Waals surface area (Å²) in [5.74, 6) is 0. The number of fused-ring (bicyclic) bond motifs is 1. The summed E-state index contributed by atoms with van der Waals surface area (Å²) in [7, 11) is 0. The Morgan fingerprint density at radius 3 is 2.81 bits per heavy atom. The minimum atomic E-state index is -0.240. The van der Waals surface area contributed by atoms with E-state index >= 15 is 0 Å². The van der Waals surface area contributed by atoms with Crippen LogP contribution in [0.1, 0.15) is 10.4 Å². The molecule has 82 valence electrons. The molecule has 1 aromatic carbocycles. The number of carbonyl (C=O) groups excluding carboxylic acids is 1. The van der Waals surface area contributed by atoms with Crippen LogP contribution in [0, 0.1) is 0 Å². The van der Waals surface area contributed by atoms with Crippen molar-refractivity contribution in [3.63, 3.8) is 0 Å². The number of benzene rings is 1. The third-order valence-electron chi connectivity index (χ3n) is 2.16. The Bertz CT molecular complexity index is 619. The Kier molecular flexibility index (Phi) is 3.33. The van der Waals surface area contributed by atoms with Crippen LogP contribution in [0.3, 0.4) is 0 Å². The number of hydrogen-bond acceptors (Lipinski definition) is 4. The van der Waals surface area contributed by atoms with Crippen LogP contribution < -0.4 is 5.43 Å². The Morgan fingerprint density at radius 1 is 1.44 bits per heavy atom. The normalized spacial score (nSPS) is 10.6. The first-order valence-electron chi connectivity index (χ1n) is 4.43. The zero-order chi connectivity index (χ0) is 11.7. The van der Waals surface area contributed by atoms with Gasteiger partial charge in [-0.3, -0.25) is 9.59 Å². The van der Waals surface area contributed by atoms with Gasteiger partial charge in [0.25, 0.3) is 0 Å². The highest BCUT2D eigenvalue weighted by atomic mass is 35.5. The highest BCUT2D eigenvalue weighted by molar-refractivity contribution is 8.00. The molecule has 1 aromatic heterocycles. The summed E-state index contributed by atoms with van der Waals surface area (Å²) >= 11 is 8.67. The lowest BCUT2D eigenvalue weighted by molar-refractivity contribution is 0.112. The van der Waals surface area contributed by atoms with Crippen molar-refractivity contribution in [3.05, 3.63) is 39.0 Å². The second-order valence-electron chi connectivity index (χ2n) is 3.09. The van der Waals surface area contributed by atoms with Gasteiger partial charge in [0.15, 0.2) is 11.7 Å². The molecule has 0 saturated carbocycles. The number of aldehydes is 1. The fourth-order valence-electron chi connectivity index (χ4n) is 1.41. The third-order valence-corrected chi connectivity index (χ3v) is 4.71. The van der Waals surface area contributed by atoms with Gasteiger partial charge in [-0.1, -0.05) is 11.6 Å². The lowest BCUT2D eigenvalue weighted by Gasteiger charge is -2.02. The molecular weight excluding hydrogens is 264 g/mol. The fourth-order valence-corrected chi connectivity index (χ4v) is 3.40. The molecule has 0 bridgehead atoms. The molecular formula is C11H7ClO2S2. The molecule has 0 N–H and O–H groups in total. The predicted molar refractivity (Wildman–Crippen MR) is 70.3 cm³/mol. The summed E-state index contributed by atoms with van der Waals surface area (Å²) in [6, 6.07) is 5.15. The zero-order valence-corrected chi connectivity index (χ0v) is 10.7. The summed E-state index contributed by atoms with van der Waals surface area (Å²) in [5.41, 5.74) is -0.0112. The molecule has 0 fully saturated rings. The fraction of sp³-hybridized carbons (Fsp3) is 0.0909. The van der Waals surface area contributed by atoms with Crippen LogP contribution >= 0.6 is 34.7 Å². The van der Waals surface area contributed by atoms with Gasteiger partial charge in [0.2, 0.25) is 0 Å². The van der Waals surface area contributed by atoms with E-state index < -0.39 is 0 Å².